The Labute approximate surface area is 75.4 Å². The molecule has 0 saturated heterocycles. The molecule has 0 bridgehead atoms. The van der Waals surface area contributed by atoms with Gasteiger partial charge in [-0.05, 0) is 19.1 Å². The zero-order valence-corrected chi connectivity index (χ0v) is 7.21. The standard InChI is InChI=1S/C10H9FO2/c1-7(12)5-10(13)8-3-2-4-9(11)6-8/h2-4,6H,5H2,1H3. The van der Waals surface area contributed by atoms with Gasteiger partial charge >= 0.3 is 0 Å². The van der Waals surface area contributed by atoms with E-state index in [0.29, 0.717) is 0 Å². The normalized spacial score (nSPS) is 9.69. The third-order valence-corrected chi connectivity index (χ3v) is 1.56. The van der Waals surface area contributed by atoms with E-state index in [9.17, 15) is 14.0 Å². The lowest BCUT2D eigenvalue weighted by atomic mass is 10.1. The average Bonchev–Trinajstić information content (AvgIpc) is 2.03. The Morgan fingerprint density at radius 2 is 2.08 bits per heavy atom. The molecule has 1 aromatic carbocycles. The summed E-state index contributed by atoms with van der Waals surface area (Å²) in [5, 5.41) is 0. The van der Waals surface area contributed by atoms with Crippen molar-refractivity contribution < 1.29 is 14.0 Å². The molecule has 0 heterocycles. The van der Waals surface area contributed by atoms with Crippen LogP contribution in [0.1, 0.15) is 23.7 Å². The van der Waals surface area contributed by atoms with Crippen LogP contribution in [0.4, 0.5) is 4.39 Å². The van der Waals surface area contributed by atoms with Crippen LogP contribution in [0.25, 0.3) is 0 Å². The highest BCUT2D eigenvalue weighted by Gasteiger charge is 2.08. The van der Waals surface area contributed by atoms with Crippen molar-refractivity contribution in [3.05, 3.63) is 35.6 Å². The number of halogens is 1. The SMILES string of the molecule is CC(=O)CC(=O)c1cccc(F)c1. The molecular formula is C10H9FO2. The van der Waals surface area contributed by atoms with Crippen molar-refractivity contribution in [1.82, 2.24) is 0 Å². The Hall–Kier alpha value is -1.51. The van der Waals surface area contributed by atoms with Gasteiger partial charge in [-0.2, -0.15) is 0 Å². The molecule has 0 saturated carbocycles. The van der Waals surface area contributed by atoms with E-state index < -0.39 is 5.82 Å². The van der Waals surface area contributed by atoms with Gasteiger partial charge in [0.05, 0.1) is 6.42 Å². The Balaban J connectivity index is 2.83. The molecule has 1 rings (SSSR count). The maximum Gasteiger partial charge on any atom is 0.170 e. The summed E-state index contributed by atoms with van der Waals surface area (Å²) in [6.07, 6.45) is -0.163. The lowest BCUT2D eigenvalue weighted by Gasteiger charge is -1.97. The first kappa shape index (κ1) is 9.58. The molecule has 0 N–H and O–H groups in total. The van der Waals surface area contributed by atoms with Crippen LogP contribution in [0.3, 0.4) is 0 Å². The van der Waals surface area contributed by atoms with Crippen molar-refractivity contribution in [2.24, 2.45) is 0 Å². The van der Waals surface area contributed by atoms with Gasteiger partial charge in [0.2, 0.25) is 0 Å². The third kappa shape index (κ3) is 2.78. The first-order chi connectivity index (χ1) is 6.09. The number of benzene rings is 1. The van der Waals surface area contributed by atoms with Gasteiger partial charge in [-0.15, -0.1) is 0 Å². The van der Waals surface area contributed by atoms with Gasteiger partial charge in [0.1, 0.15) is 11.6 Å². The van der Waals surface area contributed by atoms with Crippen LogP contribution in [0, 0.1) is 5.82 Å². The summed E-state index contributed by atoms with van der Waals surface area (Å²) in [4.78, 5) is 21.8. The number of hydrogen-bond acceptors (Lipinski definition) is 2. The molecule has 68 valence electrons. The summed E-state index contributed by atoms with van der Waals surface area (Å²) in [6, 6.07) is 5.33. The Kier molecular flexibility index (Phi) is 2.90. The molecule has 1 aromatic rings. The van der Waals surface area contributed by atoms with Crippen LogP contribution in [0.15, 0.2) is 24.3 Å². The Bertz CT molecular complexity index is 345. The van der Waals surface area contributed by atoms with Crippen LogP contribution < -0.4 is 0 Å². The Morgan fingerprint density at radius 3 is 2.62 bits per heavy atom. The maximum atomic E-state index is 12.6. The van der Waals surface area contributed by atoms with Gasteiger partial charge < -0.3 is 0 Å². The monoisotopic (exact) mass is 180 g/mol. The van der Waals surface area contributed by atoms with E-state index in [4.69, 9.17) is 0 Å². The number of Topliss-reactive ketones (excluding diaryl/α,β-unsaturated/α-hetero) is 2. The first-order valence-electron chi connectivity index (χ1n) is 3.88. The molecule has 0 radical (unpaired) electrons. The smallest absolute Gasteiger partial charge is 0.170 e. The van der Waals surface area contributed by atoms with Gasteiger partial charge in [0.25, 0.3) is 0 Å². The molecule has 0 aliphatic heterocycles. The van der Waals surface area contributed by atoms with E-state index in [1.54, 1.807) is 0 Å². The second kappa shape index (κ2) is 3.94. The van der Waals surface area contributed by atoms with Gasteiger partial charge in [0, 0.05) is 5.56 Å². The molecular weight excluding hydrogens is 171 g/mol. The molecule has 0 aromatic heterocycles. The molecule has 0 aliphatic carbocycles. The minimum atomic E-state index is -0.464. The fraction of sp³-hybridized carbons (Fsp3) is 0.200. The molecule has 2 nitrogen and oxygen atoms in total. The summed E-state index contributed by atoms with van der Waals surface area (Å²) in [5.74, 6) is -1.02. The van der Waals surface area contributed by atoms with Crippen molar-refractivity contribution in [2.45, 2.75) is 13.3 Å². The third-order valence-electron chi connectivity index (χ3n) is 1.56. The van der Waals surface area contributed by atoms with Crippen molar-refractivity contribution in [1.29, 1.82) is 0 Å². The summed E-state index contributed by atoms with van der Waals surface area (Å²) in [5.41, 5.74) is 0.246. The lowest BCUT2D eigenvalue weighted by Crippen LogP contribution is -2.04. The summed E-state index contributed by atoms with van der Waals surface area (Å²) in [7, 11) is 0. The zero-order valence-electron chi connectivity index (χ0n) is 7.21. The van der Waals surface area contributed by atoms with Crippen LogP contribution in [0.2, 0.25) is 0 Å². The summed E-state index contributed by atoms with van der Waals surface area (Å²) >= 11 is 0. The summed E-state index contributed by atoms with van der Waals surface area (Å²) in [6.45, 7) is 1.33. The largest absolute Gasteiger partial charge is 0.300 e. The second-order valence-corrected chi connectivity index (χ2v) is 2.81. The van der Waals surface area contributed by atoms with Gasteiger partial charge in [-0.25, -0.2) is 4.39 Å². The van der Waals surface area contributed by atoms with Crippen molar-refractivity contribution in [3.8, 4) is 0 Å². The van der Waals surface area contributed by atoms with Crippen LogP contribution in [-0.4, -0.2) is 11.6 Å². The number of hydrogen-bond donors (Lipinski definition) is 0. The number of rotatable bonds is 3. The zero-order chi connectivity index (χ0) is 9.84. The highest BCUT2D eigenvalue weighted by atomic mass is 19.1. The van der Waals surface area contributed by atoms with Crippen molar-refractivity contribution in [2.75, 3.05) is 0 Å². The topological polar surface area (TPSA) is 34.1 Å². The summed E-state index contributed by atoms with van der Waals surface area (Å²) < 4.78 is 12.6. The number of carbonyl (C=O) groups excluding carboxylic acids is 2. The van der Waals surface area contributed by atoms with Crippen molar-refractivity contribution in [3.63, 3.8) is 0 Å². The van der Waals surface area contributed by atoms with E-state index in [-0.39, 0.29) is 23.6 Å². The maximum absolute atomic E-state index is 12.6. The average molecular weight is 180 g/mol. The fourth-order valence-electron chi connectivity index (χ4n) is 0.990. The fourth-order valence-corrected chi connectivity index (χ4v) is 0.990. The molecule has 0 amide bonds. The Morgan fingerprint density at radius 1 is 1.38 bits per heavy atom. The lowest BCUT2D eigenvalue weighted by molar-refractivity contribution is -0.116. The second-order valence-electron chi connectivity index (χ2n) is 2.81. The predicted molar refractivity (Wildman–Crippen MR) is 46.0 cm³/mol. The molecule has 0 aliphatic rings. The molecule has 0 unspecified atom stereocenters. The quantitative estimate of drug-likeness (QED) is 0.526. The number of carbonyl (C=O) groups is 2. The van der Waals surface area contributed by atoms with Gasteiger partial charge in [-0.1, -0.05) is 12.1 Å². The minimum Gasteiger partial charge on any atom is -0.300 e. The number of ketones is 2. The predicted octanol–water partition coefficient (Wildman–Crippen LogP) is 1.99. The highest BCUT2D eigenvalue weighted by Crippen LogP contribution is 2.06. The van der Waals surface area contributed by atoms with Crippen LogP contribution in [-0.2, 0) is 4.79 Å². The highest BCUT2D eigenvalue weighted by molar-refractivity contribution is 6.07. The molecule has 13 heavy (non-hydrogen) atoms. The van der Waals surface area contributed by atoms with Crippen molar-refractivity contribution >= 4 is 11.6 Å². The molecule has 0 fully saturated rings. The van der Waals surface area contributed by atoms with Gasteiger partial charge in [-0.3, -0.25) is 9.59 Å². The van der Waals surface area contributed by atoms with E-state index >= 15 is 0 Å². The van der Waals surface area contributed by atoms with Crippen LogP contribution in [0.5, 0.6) is 0 Å². The molecule has 0 atom stereocenters. The minimum absolute atomic E-state index is 0.163. The van der Waals surface area contributed by atoms with E-state index in [2.05, 4.69) is 0 Å². The molecule has 0 spiro atoms. The van der Waals surface area contributed by atoms with E-state index in [0.717, 1.165) is 6.07 Å². The first-order valence-corrected chi connectivity index (χ1v) is 3.88. The molecule has 3 heteroatoms. The van der Waals surface area contributed by atoms with Gasteiger partial charge in [0.15, 0.2) is 5.78 Å². The van der Waals surface area contributed by atoms with E-state index in [1.807, 2.05) is 0 Å². The van der Waals surface area contributed by atoms with E-state index in [1.165, 1.54) is 25.1 Å². The van der Waals surface area contributed by atoms with Crippen LogP contribution >= 0.6 is 0 Å².